The second-order valence-corrected chi connectivity index (χ2v) is 6.05. The molecular formula is C17H23N5O2. The van der Waals surface area contributed by atoms with E-state index >= 15 is 0 Å². The number of carbonyl (C=O) groups excluding carboxylic acids is 1. The van der Waals surface area contributed by atoms with Crippen LogP contribution in [0.4, 0.5) is 0 Å². The van der Waals surface area contributed by atoms with Crippen LogP contribution < -0.4 is 5.56 Å². The van der Waals surface area contributed by atoms with Crippen LogP contribution in [0.15, 0.2) is 29.1 Å². The smallest absolute Gasteiger partial charge is 0.277 e. The molecule has 0 radical (unpaired) electrons. The van der Waals surface area contributed by atoms with E-state index in [4.69, 9.17) is 0 Å². The summed E-state index contributed by atoms with van der Waals surface area (Å²) in [6, 6.07) is 7.12. The zero-order valence-corrected chi connectivity index (χ0v) is 14.0. The van der Waals surface area contributed by atoms with Gasteiger partial charge in [0.2, 0.25) is 5.91 Å². The highest BCUT2D eigenvalue weighted by atomic mass is 16.2. The number of aryl methyl sites for hydroxylation is 1. The normalized spacial score (nSPS) is 16.3. The first-order valence-corrected chi connectivity index (χ1v) is 8.51. The molecule has 0 bridgehead atoms. The molecule has 1 aliphatic heterocycles. The topological polar surface area (TPSA) is 71.3 Å². The Morgan fingerprint density at radius 1 is 1.17 bits per heavy atom. The summed E-state index contributed by atoms with van der Waals surface area (Å²) in [5, 5.41) is 8.53. The first-order chi connectivity index (χ1) is 11.7. The molecule has 1 aromatic heterocycles. The summed E-state index contributed by atoms with van der Waals surface area (Å²) in [4.78, 5) is 29.1. The van der Waals surface area contributed by atoms with Crippen molar-refractivity contribution < 1.29 is 4.79 Å². The molecule has 1 saturated heterocycles. The lowest BCUT2D eigenvalue weighted by atomic mass is 10.2. The summed E-state index contributed by atoms with van der Waals surface area (Å²) in [5.74, 6) is 0.0785. The second kappa shape index (κ2) is 7.53. The van der Waals surface area contributed by atoms with Gasteiger partial charge in [-0.05, 0) is 31.6 Å². The van der Waals surface area contributed by atoms with Gasteiger partial charge in [0.1, 0.15) is 5.52 Å². The van der Waals surface area contributed by atoms with Crippen molar-refractivity contribution in [2.24, 2.45) is 0 Å². The molecular weight excluding hydrogens is 306 g/mol. The Labute approximate surface area is 140 Å². The summed E-state index contributed by atoms with van der Waals surface area (Å²) >= 11 is 0. The SMILES string of the molecule is CCN1CCCN(C(=O)CCn2nnc3ccccc3c2=O)CC1. The standard InChI is InChI=1S/C17H23N5O2/c1-2-20-9-5-10-21(13-12-20)16(23)8-11-22-17(24)14-6-3-4-7-15(14)18-19-22/h3-4,6-7H,2,5,8-13H2,1H3. The van der Waals surface area contributed by atoms with E-state index in [1.54, 1.807) is 18.2 Å². The van der Waals surface area contributed by atoms with E-state index in [0.717, 1.165) is 39.1 Å². The number of fused-ring (bicyclic) bond motifs is 1. The highest BCUT2D eigenvalue weighted by Gasteiger charge is 2.18. The number of carbonyl (C=O) groups is 1. The van der Waals surface area contributed by atoms with E-state index in [2.05, 4.69) is 22.1 Å². The van der Waals surface area contributed by atoms with Gasteiger partial charge in [0.15, 0.2) is 0 Å². The molecule has 1 aliphatic rings. The van der Waals surface area contributed by atoms with Crippen molar-refractivity contribution in [1.29, 1.82) is 0 Å². The van der Waals surface area contributed by atoms with Gasteiger partial charge < -0.3 is 9.80 Å². The van der Waals surface area contributed by atoms with Gasteiger partial charge in [0, 0.05) is 26.1 Å². The van der Waals surface area contributed by atoms with Gasteiger partial charge in [-0.1, -0.05) is 24.3 Å². The van der Waals surface area contributed by atoms with E-state index in [-0.39, 0.29) is 24.4 Å². The molecule has 0 saturated carbocycles. The Bertz CT molecular complexity index is 773. The molecule has 24 heavy (non-hydrogen) atoms. The van der Waals surface area contributed by atoms with Crippen LogP contribution in [0.1, 0.15) is 19.8 Å². The van der Waals surface area contributed by atoms with Gasteiger partial charge in [0.05, 0.1) is 11.9 Å². The van der Waals surface area contributed by atoms with E-state index in [0.29, 0.717) is 10.9 Å². The highest BCUT2D eigenvalue weighted by Crippen LogP contribution is 2.06. The van der Waals surface area contributed by atoms with Crippen molar-refractivity contribution in [3.63, 3.8) is 0 Å². The molecule has 0 unspecified atom stereocenters. The third kappa shape index (κ3) is 3.62. The van der Waals surface area contributed by atoms with Gasteiger partial charge in [-0.25, -0.2) is 4.68 Å². The molecule has 1 amide bonds. The molecule has 128 valence electrons. The number of amides is 1. The van der Waals surface area contributed by atoms with Crippen molar-refractivity contribution in [3.8, 4) is 0 Å². The first kappa shape index (κ1) is 16.6. The molecule has 0 spiro atoms. The lowest BCUT2D eigenvalue weighted by Gasteiger charge is -2.21. The summed E-state index contributed by atoms with van der Waals surface area (Å²) in [7, 11) is 0. The maximum atomic E-state index is 12.4. The predicted molar refractivity (Wildman–Crippen MR) is 91.7 cm³/mol. The molecule has 3 rings (SSSR count). The number of benzene rings is 1. The van der Waals surface area contributed by atoms with Crippen LogP contribution in [0, 0.1) is 0 Å². The Morgan fingerprint density at radius 3 is 2.83 bits per heavy atom. The van der Waals surface area contributed by atoms with Gasteiger partial charge in [-0.15, -0.1) is 5.10 Å². The van der Waals surface area contributed by atoms with Crippen LogP contribution in [0.5, 0.6) is 0 Å². The zero-order chi connectivity index (χ0) is 16.9. The number of nitrogens with zero attached hydrogens (tertiary/aromatic N) is 5. The lowest BCUT2D eigenvalue weighted by Crippen LogP contribution is -2.36. The van der Waals surface area contributed by atoms with Crippen LogP contribution in [0.2, 0.25) is 0 Å². The van der Waals surface area contributed by atoms with E-state index < -0.39 is 0 Å². The Hall–Kier alpha value is -2.28. The predicted octanol–water partition coefficient (Wildman–Crippen LogP) is 0.736. The molecule has 1 aromatic carbocycles. The number of rotatable bonds is 4. The highest BCUT2D eigenvalue weighted by molar-refractivity contribution is 5.77. The van der Waals surface area contributed by atoms with Gasteiger partial charge >= 0.3 is 0 Å². The minimum Gasteiger partial charge on any atom is -0.341 e. The van der Waals surface area contributed by atoms with E-state index in [1.807, 2.05) is 11.0 Å². The summed E-state index contributed by atoms with van der Waals surface area (Å²) in [5.41, 5.74) is 0.388. The van der Waals surface area contributed by atoms with Crippen molar-refractivity contribution in [2.75, 3.05) is 32.7 Å². The van der Waals surface area contributed by atoms with Gasteiger partial charge in [-0.3, -0.25) is 9.59 Å². The van der Waals surface area contributed by atoms with Crippen molar-refractivity contribution in [3.05, 3.63) is 34.6 Å². The maximum Gasteiger partial charge on any atom is 0.277 e. The second-order valence-electron chi connectivity index (χ2n) is 6.05. The molecule has 7 heteroatoms. The molecule has 0 aliphatic carbocycles. The average Bonchev–Trinajstić information content (AvgIpc) is 2.87. The molecule has 1 fully saturated rings. The molecule has 2 aromatic rings. The quantitative estimate of drug-likeness (QED) is 0.827. The third-order valence-electron chi connectivity index (χ3n) is 4.56. The summed E-state index contributed by atoms with van der Waals surface area (Å²) < 4.78 is 1.29. The minimum atomic E-state index is -0.193. The Balaban J connectivity index is 1.64. The van der Waals surface area contributed by atoms with Crippen LogP contribution in [-0.4, -0.2) is 63.4 Å². The van der Waals surface area contributed by atoms with Gasteiger partial charge in [0.25, 0.3) is 5.56 Å². The lowest BCUT2D eigenvalue weighted by molar-refractivity contribution is -0.131. The fourth-order valence-electron chi connectivity index (χ4n) is 3.07. The molecule has 7 nitrogen and oxygen atoms in total. The first-order valence-electron chi connectivity index (χ1n) is 8.51. The largest absolute Gasteiger partial charge is 0.341 e. The van der Waals surface area contributed by atoms with Gasteiger partial charge in [-0.2, -0.15) is 0 Å². The summed E-state index contributed by atoms with van der Waals surface area (Å²) in [6.07, 6.45) is 1.27. The van der Waals surface area contributed by atoms with Crippen LogP contribution in [-0.2, 0) is 11.3 Å². The molecule has 0 N–H and O–H groups in total. The van der Waals surface area contributed by atoms with E-state index in [1.165, 1.54) is 4.68 Å². The number of hydrogen-bond acceptors (Lipinski definition) is 5. The van der Waals surface area contributed by atoms with Crippen LogP contribution in [0.25, 0.3) is 10.9 Å². The van der Waals surface area contributed by atoms with Crippen molar-refractivity contribution >= 4 is 16.8 Å². The summed E-state index contributed by atoms with van der Waals surface area (Å²) in [6.45, 7) is 6.92. The van der Waals surface area contributed by atoms with Crippen LogP contribution >= 0.6 is 0 Å². The molecule has 0 atom stereocenters. The minimum absolute atomic E-state index is 0.0785. The van der Waals surface area contributed by atoms with E-state index in [9.17, 15) is 9.59 Å². The van der Waals surface area contributed by atoms with Crippen LogP contribution in [0.3, 0.4) is 0 Å². The number of likely N-dealkylation sites (N-methyl/N-ethyl adjacent to an activating group) is 1. The zero-order valence-electron chi connectivity index (χ0n) is 14.0. The third-order valence-corrected chi connectivity index (χ3v) is 4.56. The fraction of sp³-hybridized carbons (Fsp3) is 0.529. The Kier molecular flexibility index (Phi) is 5.20. The van der Waals surface area contributed by atoms with Crippen molar-refractivity contribution in [1.82, 2.24) is 24.8 Å². The Morgan fingerprint density at radius 2 is 2.00 bits per heavy atom. The number of aromatic nitrogens is 3. The van der Waals surface area contributed by atoms with Crippen molar-refractivity contribution in [2.45, 2.75) is 26.3 Å². The monoisotopic (exact) mass is 329 g/mol. The maximum absolute atomic E-state index is 12.4. The molecule has 2 heterocycles. The number of hydrogen-bond donors (Lipinski definition) is 0. The average molecular weight is 329 g/mol. The fourth-order valence-corrected chi connectivity index (χ4v) is 3.07.